The number of halogens is 5. The van der Waals surface area contributed by atoms with Gasteiger partial charge in [-0.25, -0.2) is 4.79 Å². The van der Waals surface area contributed by atoms with Crippen molar-refractivity contribution in [1.82, 2.24) is 4.98 Å². The molecule has 94 valence electrons. The standard InChI is InChI=1S/C8H4ClF3INO3/c9-1-3-6(13)5(7(15)16)4(2-14-3)17-8(10,11)12/h2H,1H2,(H,15,16). The van der Waals surface area contributed by atoms with E-state index in [-0.39, 0.29) is 15.1 Å². The molecule has 0 bridgehead atoms. The molecule has 9 heteroatoms. The quantitative estimate of drug-likeness (QED) is 0.646. The van der Waals surface area contributed by atoms with Crippen molar-refractivity contribution in [3.63, 3.8) is 0 Å². The Morgan fingerprint density at radius 3 is 2.59 bits per heavy atom. The molecule has 0 aliphatic rings. The minimum Gasteiger partial charge on any atom is -0.478 e. The summed E-state index contributed by atoms with van der Waals surface area (Å²) in [7, 11) is 0. The molecule has 1 aromatic rings. The number of aromatic carboxylic acids is 1. The van der Waals surface area contributed by atoms with E-state index in [0.29, 0.717) is 6.20 Å². The van der Waals surface area contributed by atoms with Gasteiger partial charge in [0, 0.05) is 0 Å². The largest absolute Gasteiger partial charge is 0.573 e. The number of ether oxygens (including phenoxy) is 1. The van der Waals surface area contributed by atoms with Gasteiger partial charge in [-0.15, -0.1) is 24.8 Å². The van der Waals surface area contributed by atoms with Crippen LogP contribution in [0.3, 0.4) is 0 Å². The van der Waals surface area contributed by atoms with Crippen molar-refractivity contribution in [1.29, 1.82) is 0 Å². The Morgan fingerprint density at radius 1 is 1.59 bits per heavy atom. The topological polar surface area (TPSA) is 59.4 Å². The van der Waals surface area contributed by atoms with Crippen LogP contribution in [0, 0.1) is 3.57 Å². The molecule has 0 radical (unpaired) electrons. The number of hydrogen-bond acceptors (Lipinski definition) is 3. The average Bonchev–Trinajstić information content (AvgIpc) is 2.14. The van der Waals surface area contributed by atoms with Crippen molar-refractivity contribution in [2.45, 2.75) is 12.2 Å². The molecule has 0 fully saturated rings. The summed E-state index contributed by atoms with van der Waals surface area (Å²) in [6.45, 7) is 0. The molecule has 1 aromatic heterocycles. The van der Waals surface area contributed by atoms with Crippen molar-refractivity contribution in [3.8, 4) is 5.75 Å². The maximum absolute atomic E-state index is 12.0. The van der Waals surface area contributed by atoms with E-state index in [2.05, 4.69) is 9.72 Å². The maximum Gasteiger partial charge on any atom is 0.573 e. The number of carboxylic acids is 1. The predicted molar refractivity (Wildman–Crippen MR) is 60.2 cm³/mol. The number of aromatic nitrogens is 1. The third kappa shape index (κ3) is 3.60. The lowest BCUT2D eigenvalue weighted by atomic mass is 10.2. The van der Waals surface area contributed by atoms with Crippen LogP contribution < -0.4 is 4.74 Å². The Morgan fingerprint density at radius 2 is 2.18 bits per heavy atom. The van der Waals surface area contributed by atoms with Crippen molar-refractivity contribution in [2.75, 3.05) is 0 Å². The van der Waals surface area contributed by atoms with Crippen LogP contribution in [-0.2, 0) is 5.88 Å². The number of hydrogen-bond donors (Lipinski definition) is 1. The van der Waals surface area contributed by atoms with Crippen LogP contribution in [0.1, 0.15) is 16.1 Å². The number of rotatable bonds is 3. The fourth-order valence-corrected chi connectivity index (χ4v) is 2.26. The Hall–Kier alpha value is -0.770. The lowest BCUT2D eigenvalue weighted by Gasteiger charge is -2.13. The summed E-state index contributed by atoms with van der Waals surface area (Å²) in [6.07, 6.45) is -4.28. The summed E-state index contributed by atoms with van der Waals surface area (Å²) < 4.78 is 39.7. The van der Waals surface area contributed by atoms with E-state index >= 15 is 0 Å². The fourth-order valence-electron chi connectivity index (χ4n) is 1.00. The molecule has 4 nitrogen and oxygen atoms in total. The minimum atomic E-state index is -4.97. The lowest BCUT2D eigenvalue weighted by Crippen LogP contribution is -2.20. The molecule has 0 atom stereocenters. The van der Waals surface area contributed by atoms with Crippen molar-refractivity contribution in [3.05, 3.63) is 21.0 Å². The SMILES string of the molecule is O=C(O)c1c(OC(F)(F)F)cnc(CCl)c1I. The number of carbonyl (C=O) groups is 1. The molecule has 0 saturated heterocycles. The van der Waals surface area contributed by atoms with Crippen LogP contribution in [0.4, 0.5) is 13.2 Å². The first-order chi connectivity index (χ1) is 7.76. The van der Waals surface area contributed by atoms with Gasteiger partial charge in [0.2, 0.25) is 0 Å². The molecule has 17 heavy (non-hydrogen) atoms. The summed E-state index contributed by atoms with van der Waals surface area (Å²) in [4.78, 5) is 14.5. The van der Waals surface area contributed by atoms with Crippen molar-refractivity contribution in [2.24, 2.45) is 0 Å². The highest BCUT2D eigenvalue weighted by Crippen LogP contribution is 2.30. The van der Waals surface area contributed by atoms with E-state index in [1.165, 1.54) is 0 Å². The monoisotopic (exact) mass is 381 g/mol. The molecule has 0 aliphatic carbocycles. The van der Waals surface area contributed by atoms with E-state index in [4.69, 9.17) is 16.7 Å². The molecule has 0 amide bonds. The maximum atomic E-state index is 12.0. The molecule has 0 saturated carbocycles. The molecule has 0 spiro atoms. The lowest BCUT2D eigenvalue weighted by molar-refractivity contribution is -0.274. The zero-order chi connectivity index (χ0) is 13.2. The van der Waals surface area contributed by atoms with Gasteiger partial charge < -0.3 is 9.84 Å². The van der Waals surface area contributed by atoms with Gasteiger partial charge in [-0.05, 0) is 22.6 Å². The van der Waals surface area contributed by atoms with Crippen LogP contribution in [0.25, 0.3) is 0 Å². The molecular weight excluding hydrogens is 377 g/mol. The van der Waals surface area contributed by atoms with E-state index in [0.717, 1.165) is 0 Å². The van der Waals surface area contributed by atoms with E-state index in [1.807, 2.05) is 0 Å². The van der Waals surface area contributed by atoms with Gasteiger partial charge in [0.1, 0.15) is 5.56 Å². The van der Waals surface area contributed by atoms with Crippen LogP contribution in [0.15, 0.2) is 6.20 Å². The van der Waals surface area contributed by atoms with Gasteiger partial charge in [0.15, 0.2) is 5.75 Å². The highest BCUT2D eigenvalue weighted by molar-refractivity contribution is 14.1. The minimum absolute atomic E-state index is 0.0202. The van der Waals surface area contributed by atoms with Crippen molar-refractivity contribution < 1.29 is 27.8 Å². The number of carboxylic acid groups (broad SMARTS) is 1. The van der Waals surface area contributed by atoms with Gasteiger partial charge in [-0.1, -0.05) is 0 Å². The Labute approximate surface area is 112 Å². The summed E-state index contributed by atoms with van der Waals surface area (Å²) in [5.41, 5.74) is -0.423. The van der Waals surface area contributed by atoms with Gasteiger partial charge in [0.05, 0.1) is 21.3 Å². The van der Waals surface area contributed by atoms with Crippen LogP contribution in [0.2, 0.25) is 0 Å². The summed E-state index contributed by atoms with van der Waals surface area (Å²) >= 11 is 7.03. The second kappa shape index (κ2) is 5.25. The first-order valence-electron chi connectivity index (χ1n) is 3.98. The highest BCUT2D eigenvalue weighted by atomic mass is 127. The first-order valence-corrected chi connectivity index (χ1v) is 5.60. The molecule has 1 heterocycles. The Kier molecular flexibility index (Phi) is 4.42. The van der Waals surface area contributed by atoms with Crippen LogP contribution in [0.5, 0.6) is 5.75 Å². The van der Waals surface area contributed by atoms with Gasteiger partial charge >= 0.3 is 12.3 Å². The normalized spacial score (nSPS) is 11.4. The molecular formula is C8H4ClF3INO3. The summed E-state index contributed by atoms with van der Waals surface area (Å²) in [5.74, 6) is -2.50. The molecule has 0 aromatic carbocycles. The second-order valence-corrected chi connectivity index (χ2v) is 4.09. The first kappa shape index (κ1) is 14.3. The highest BCUT2D eigenvalue weighted by Gasteiger charge is 2.34. The van der Waals surface area contributed by atoms with E-state index in [9.17, 15) is 18.0 Å². The van der Waals surface area contributed by atoms with Crippen LogP contribution in [-0.4, -0.2) is 22.4 Å². The predicted octanol–water partition coefficient (Wildman–Crippen LogP) is 3.02. The smallest absolute Gasteiger partial charge is 0.478 e. The van der Waals surface area contributed by atoms with Gasteiger partial charge in [-0.3, -0.25) is 4.98 Å². The fraction of sp³-hybridized carbons (Fsp3) is 0.250. The zero-order valence-electron chi connectivity index (χ0n) is 7.89. The van der Waals surface area contributed by atoms with E-state index < -0.39 is 23.6 Å². The molecule has 1 N–H and O–H groups in total. The van der Waals surface area contributed by atoms with Gasteiger partial charge in [-0.2, -0.15) is 0 Å². The number of alkyl halides is 4. The average molecular weight is 381 g/mol. The molecule has 0 aliphatic heterocycles. The third-order valence-electron chi connectivity index (χ3n) is 1.62. The Balaban J connectivity index is 3.32. The number of nitrogens with zero attached hydrogens (tertiary/aromatic N) is 1. The third-order valence-corrected chi connectivity index (χ3v) is 3.04. The Bertz CT molecular complexity index is 452. The van der Waals surface area contributed by atoms with Crippen LogP contribution >= 0.6 is 34.2 Å². The molecule has 1 rings (SSSR count). The second-order valence-electron chi connectivity index (χ2n) is 2.74. The van der Waals surface area contributed by atoms with E-state index in [1.54, 1.807) is 22.6 Å². The summed E-state index contributed by atoms with van der Waals surface area (Å²) in [6, 6.07) is 0. The zero-order valence-corrected chi connectivity index (χ0v) is 10.8. The van der Waals surface area contributed by atoms with Crippen molar-refractivity contribution >= 4 is 40.2 Å². The number of pyridine rings is 1. The van der Waals surface area contributed by atoms with Gasteiger partial charge in [0.25, 0.3) is 0 Å². The molecule has 0 unspecified atom stereocenters. The summed E-state index contributed by atoms with van der Waals surface area (Å²) in [5, 5.41) is 8.84.